The van der Waals surface area contributed by atoms with Crippen molar-refractivity contribution in [2.75, 3.05) is 24.8 Å². The Morgan fingerprint density at radius 2 is 2.00 bits per heavy atom. The third kappa shape index (κ3) is 2.81. The molecule has 0 spiro atoms. The predicted octanol–water partition coefficient (Wildman–Crippen LogP) is 2.26. The van der Waals surface area contributed by atoms with E-state index in [1.165, 1.54) is 24.9 Å². The second kappa shape index (κ2) is 5.78. The molecule has 22 heavy (non-hydrogen) atoms. The average molecular weight is 318 g/mol. The minimum atomic E-state index is -4.68. The lowest BCUT2D eigenvalue weighted by atomic mass is 10.1. The fourth-order valence-electron chi connectivity index (χ4n) is 2.11. The van der Waals surface area contributed by atoms with Crippen LogP contribution >= 0.6 is 0 Å². The van der Waals surface area contributed by atoms with Gasteiger partial charge in [0.2, 0.25) is 5.95 Å². The summed E-state index contributed by atoms with van der Waals surface area (Å²) < 4.78 is 53.8. The van der Waals surface area contributed by atoms with E-state index in [9.17, 15) is 17.6 Å². The highest BCUT2D eigenvalue weighted by molar-refractivity contribution is 5.72. The number of hydrogen-bond acceptors (Lipinski definition) is 5. The van der Waals surface area contributed by atoms with E-state index in [4.69, 9.17) is 5.73 Å². The SMILES string of the molecule is CNc1nc(N)nc(-c2cnn(CCF)c2C)c1C(F)(F)F. The number of nitrogens with zero attached hydrogens (tertiary/aromatic N) is 4. The van der Waals surface area contributed by atoms with Crippen LogP contribution in [-0.4, -0.2) is 33.5 Å². The minimum Gasteiger partial charge on any atom is -0.372 e. The van der Waals surface area contributed by atoms with Crippen molar-refractivity contribution in [1.82, 2.24) is 19.7 Å². The first kappa shape index (κ1) is 16.0. The summed E-state index contributed by atoms with van der Waals surface area (Å²) in [6.07, 6.45) is -3.47. The van der Waals surface area contributed by atoms with Crippen LogP contribution in [0.2, 0.25) is 0 Å². The van der Waals surface area contributed by atoms with Gasteiger partial charge in [0.05, 0.1) is 18.4 Å². The standard InChI is InChI=1S/C12H14F4N6/c1-6-7(5-19-22(6)4-3-13)9-8(12(14,15)16)10(18-2)21-11(17)20-9/h5H,3-4H2,1-2H3,(H3,17,18,20,21). The van der Waals surface area contributed by atoms with E-state index in [0.29, 0.717) is 5.69 Å². The van der Waals surface area contributed by atoms with Crippen LogP contribution in [0.3, 0.4) is 0 Å². The Bertz CT molecular complexity index is 679. The van der Waals surface area contributed by atoms with Gasteiger partial charge in [0.15, 0.2) is 0 Å². The van der Waals surface area contributed by atoms with Crippen LogP contribution in [0.4, 0.5) is 29.3 Å². The number of hydrogen-bond donors (Lipinski definition) is 2. The number of nitrogens with two attached hydrogens (primary N) is 1. The van der Waals surface area contributed by atoms with Crippen molar-refractivity contribution in [3.05, 3.63) is 17.5 Å². The van der Waals surface area contributed by atoms with Crippen molar-refractivity contribution >= 4 is 11.8 Å². The molecule has 0 aromatic carbocycles. The molecule has 0 saturated carbocycles. The molecule has 0 amide bonds. The summed E-state index contributed by atoms with van der Waals surface area (Å²) in [5.41, 5.74) is 4.56. The number of halogens is 4. The van der Waals surface area contributed by atoms with Crippen molar-refractivity contribution in [2.45, 2.75) is 19.6 Å². The number of nitrogen functional groups attached to an aromatic ring is 1. The summed E-state index contributed by atoms with van der Waals surface area (Å²) >= 11 is 0. The maximum atomic E-state index is 13.4. The Kier molecular flexibility index (Phi) is 4.20. The second-order valence-corrected chi connectivity index (χ2v) is 4.46. The topological polar surface area (TPSA) is 81.7 Å². The van der Waals surface area contributed by atoms with E-state index < -0.39 is 24.2 Å². The largest absolute Gasteiger partial charge is 0.422 e. The lowest BCUT2D eigenvalue weighted by Crippen LogP contribution is -2.15. The molecule has 120 valence electrons. The fraction of sp³-hybridized carbons (Fsp3) is 0.417. The summed E-state index contributed by atoms with van der Waals surface area (Å²) in [4.78, 5) is 7.28. The summed E-state index contributed by atoms with van der Waals surface area (Å²) in [6, 6.07) is 0. The zero-order valence-electron chi connectivity index (χ0n) is 11.9. The van der Waals surface area contributed by atoms with Crippen molar-refractivity contribution in [1.29, 1.82) is 0 Å². The van der Waals surface area contributed by atoms with Crippen LogP contribution in [0.1, 0.15) is 11.3 Å². The van der Waals surface area contributed by atoms with E-state index in [1.54, 1.807) is 0 Å². The summed E-state index contributed by atoms with van der Waals surface area (Å²) in [5, 5.41) is 6.24. The molecule has 2 aromatic heterocycles. The molecule has 0 aliphatic rings. The van der Waals surface area contributed by atoms with E-state index in [-0.39, 0.29) is 23.8 Å². The quantitative estimate of drug-likeness (QED) is 0.845. The van der Waals surface area contributed by atoms with Crippen molar-refractivity contribution in [3.8, 4) is 11.3 Å². The van der Waals surface area contributed by atoms with Crippen LogP contribution in [0, 0.1) is 6.92 Å². The first-order chi connectivity index (χ1) is 10.3. The van der Waals surface area contributed by atoms with Gasteiger partial charge in [0.25, 0.3) is 0 Å². The zero-order valence-corrected chi connectivity index (χ0v) is 11.9. The molecule has 0 unspecified atom stereocenters. The molecule has 2 heterocycles. The Labute approximate surface area is 123 Å². The first-order valence-electron chi connectivity index (χ1n) is 6.30. The molecule has 0 radical (unpaired) electrons. The van der Waals surface area contributed by atoms with Gasteiger partial charge in [-0.25, -0.2) is 9.37 Å². The molecule has 0 aliphatic heterocycles. The van der Waals surface area contributed by atoms with Crippen LogP contribution in [-0.2, 0) is 12.7 Å². The molecule has 2 rings (SSSR count). The number of anilines is 2. The van der Waals surface area contributed by atoms with Gasteiger partial charge >= 0.3 is 6.18 Å². The van der Waals surface area contributed by atoms with Crippen LogP contribution < -0.4 is 11.1 Å². The van der Waals surface area contributed by atoms with Gasteiger partial charge in [-0.05, 0) is 6.92 Å². The Morgan fingerprint density at radius 3 is 2.55 bits per heavy atom. The van der Waals surface area contributed by atoms with Gasteiger partial charge in [-0.3, -0.25) is 4.68 Å². The van der Waals surface area contributed by atoms with Gasteiger partial charge < -0.3 is 11.1 Å². The second-order valence-electron chi connectivity index (χ2n) is 4.46. The number of rotatable bonds is 4. The smallest absolute Gasteiger partial charge is 0.372 e. The Morgan fingerprint density at radius 1 is 1.32 bits per heavy atom. The zero-order chi connectivity index (χ0) is 16.5. The molecule has 6 nitrogen and oxygen atoms in total. The fourth-order valence-corrected chi connectivity index (χ4v) is 2.11. The molecule has 0 bridgehead atoms. The van der Waals surface area contributed by atoms with Gasteiger partial charge in [-0.15, -0.1) is 0 Å². The molecule has 0 fully saturated rings. The maximum Gasteiger partial charge on any atom is 0.422 e. The average Bonchev–Trinajstić information content (AvgIpc) is 2.78. The van der Waals surface area contributed by atoms with Gasteiger partial charge in [-0.1, -0.05) is 0 Å². The normalized spacial score (nSPS) is 11.7. The first-order valence-corrected chi connectivity index (χ1v) is 6.30. The molecule has 0 saturated heterocycles. The number of aromatic nitrogens is 4. The maximum absolute atomic E-state index is 13.4. The summed E-state index contributed by atoms with van der Waals surface area (Å²) in [6.45, 7) is 0.809. The monoisotopic (exact) mass is 318 g/mol. The van der Waals surface area contributed by atoms with Crippen LogP contribution in [0.25, 0.3) is 11.3 Å². The van der Waals surface area contributed by atoms with Gasteiger partial charge in [0, 0.05) is 18.3 Å². The van der Waals surface area contributed by atoms with Crippen molar-refractivity contribution < 1.29 is 17.6 Å². The Balaban J connectivity index is 2.72. The minimum absolute atomic E-state index is 0.0490. The molecule has 2 aromatic rings. The molecule has 3 N–H and O–H groups in total. The van der Waals surface area contributed by atoms with E-state index in [0.717, 1.165) is 0 Å². The molecule has 0 aliphatic carbocycles. The number of alkyl halides is 4. The summed E-state index contributed by atoms with van der Waals surface area (Å²) in [5.74, 6) is -0.724. The van der Waals surface area contributed by atoms with Crippen LogP contribution in [0.15, 0.2) is 6.20 Å². The van der Waals surface area contributed by atoms with Gasteiger partial charge in [0.1, 0.15) is 18.1 Å². The predicted molar refractivity (Wildman–Crippen MR) is 72.9 cm³/mol. The number of aryl methyl sites for hydroxylation is 1. The highest BCUT2D eigenvalue weighted by Gasteiger charge is 2.39. The highest BCUT2D eigenvalue weighted by atomic mass is 19.4. The third-order valence-electron chi connectivity index (χ3n) is 3.10. The Hall–Kier alpha value is -2.39. The molecule has 0 atom stereocenters. The molecule has 10 heteroatoms. The van der Waals surface area contributed by atoms with E-state index >= 15 is 0 Å². The number of nitrogens with one attached hydrogen (secondary N) is 1. The van der Waals surface area contributed by atoms with Crippen molar-refractivity contribution in [3.63, 3.8) is 0 Å². The van der Waals surface area contributed by atoms with Crippen LogP contribution in [0.5, 0.6) is 0 Å². The molecular weight excluding hydrogens is 304 g/mol. The van der Waals surface area contributed by atoms with Gasteiger partial charge in [-0.2, -0.15) is 23.3 Å². The van der Waals surface area contributed by atoms with E-state index in [2.05, 4.69) is 20.4 Å². The van der Waals surface area contributed by atoms with E-state index in [1.807, 2.05) is 0 Å². The highest BCUT2D eigenvalue weighted by Crippen LogP contribution is 2.41. The molecular formula is C12H14F4N6. The van der Waals surface area contributed by atoms with Crippen molar-refractivity contribution in [2.24, 2.45) is 0 Å². The summed E-state index contributed by atoms with van der Waals surface area (Å²) in [7, 11) is 1.31. The lowest BCUT2D eigenvalue weighted by Gasteiger charge is -2.16. The third-order valence-corrected chi connectivity index (χ3v) is 3.10. The lowest BCUT2D eigenvalue weighted by molar-refractivity contribution is -0.136.